The SMILES string of the molecule is Cc1ncsc1-c1ccc(CNC(=O)[C@@H]2C[C@@H](O)CN2C(=O)[C@@H](NC(=O)C2(F)CC2)C(C)(C)C)c(OCCOCCOCCOCCC(=O)Nc2ccc(CNC(=O)c3ccc4n3CCN(Cc3ccc(C(=O)N(C)C)cc3)C43CCC3)cc2)c1. The second-order valence-corrected chi connectivity index (χ2v) is 24.6. The minimum atomic E-state index is -1.99. The van der Waals surface area contributed by atoms with Crippen LogP contribution in [0, 0.1) is 12.3 Å². The van der Waals surface area contributed by atoms with Crippen molar-refractivity contribution < 1.29 is 57.2 Å². The zero-order valence-electron chi connectivity index (χ0n) is 49.5. The molecule has 5 N–H and O–H groups in total. The number of β-amino-alcohol motifs (C(OH)–C–C–N with tert-alkyl or cyclic N) is 1. The molecule has 20 nitrogen and oxygen atoms in total. The van der Waals surface area contributed by atoms with E-state index in [4.69, 9.17) is 18.9 Å². The minimum absolute atomic E-state index is 0.00221. The molecule has 0 radical (unpaired) electrons. The number of thiazole rings is 1. The van der Waals surface area contributed by atoms with Gasteiger partial charge in [0.1, 0.15) is 30.1 Å². The molecule has 2 aliphatic carbocycles. The van der Waals surface area contributed by atoms with E-state index in [1.807, 2.05) is 79.7 Å². The zero-order chi connectivity index (χ0) is 60.5. The summed E-state index contributed by atoms with van der Waals surface area (Å²) in [7, 11) is 3.51. The first-order valence-electron chi connectivity index (χ1n) is 29.3. The Morgan fingerprint density at radius 1 is 0.824 bits per heavy atom. The molecule has 2 aromatic heterocycles. The Hall–Kier alpha value is -7.08. The zero-order valence-corrected chi connectivity index (χ0v) is 50.3. The van der Waals surface area contributed by atoms with Crippen molar-refractivity contribution in [2.24, 2.45) is 5.41 Å². The molecule has 3 atom stereocenters. The lowest BCUT2D eigenvalue weighted by atomic mass is 9.71. The predicted molar refractivity (Wildman–Crippen MR) is 318 cm³/mol. The number of alkyl halides is 1. The first-order valence-corrected chi connectivity index (χ1v) is 30.2. The number of nitrogens with one attached hydrogen (secondary N) is 4. The lowest BCUT2D eigenvalue weighted by Crippen LogP contribution is -2.59. The van der Waals surface area contributed by atoms with Gasteiger partial charge in [-0.15, -0.1) is 11.3 Å². The summed E-state index contributed by atoms with van der Waals surface area (Å²) in [6.45, 7) is 11.6. The summed E-state index contributed by atoms with van der Waals surface area (Å²) in [5.74, 6) is -1.72. The number of likely N-dealkylation sites (tertiary alicyclic amines) is 1. The van der Waals surface area contributed by atoms with Crippen LogP contribution in [-0.2, 0) is 65.1 Å². The molecule has 2 saturated carbocycles. The van der Waals surface area contributed by atoms with Gasteiger partial charge in [-0.25, -0.2) is 9.37 Å². The van der Waals surface area contributed by atoms with Crippen molar-refractivity contribution >= 4 is 52.5 Å². The summed E-state index contributed by atoms with van der Waals surface area (Å²) in [6.07, 6.45) is 2.58. The first kappa shape index (κ1) is 62.5. The number of aromatic nitrogens is 2. The van der Waals surface area contributed by atoms with E-state index >= 15 is 0 Å². The van der Waals surface area contributed by atoms with Crippen molar-refractivity contribution in [3.05, 3.63) is 124 Å². The van der Waals surface area contributed by atoms with Crippen LogP contribution in [-0.4, -0.2) is 162 Å². The van der Waals surface area contributed by atoms with Gasteiger partial charge in [-0.3, -0.25) is 33.7 Å². The van der Waals surface area contributed by atoms with Crippen molar-refractivity contribution in [2.75, 3.05) is 78.7 Å². The van der Waals surface area contributed by atoms with Gasteiger partial charge < -0.3 is 59.7 Å². The highest BCUT2D eigenvalue weighted by atomic mass is 32.1. The molecular weight excluding hydrogens is 1110 g/mol. The fraction of sp³-hybridized carbons (Fsp3) is 0.508. The van der Waals surface area contributed by atoms with Gasteiger partial charge in [0, 0.05) is 82.3 Å². The molecule has 85 heavy (non-hydrogen) atoms. The number of aliphatic hydroxyl groups excluding tert-OH is 1. The number of nitrogens with zero attached hydrogens (tertiary/aromatic N) is 5. The normalized spacial score (nSPS) is 18.0. The van der Waals surface area contributed by atoms with Gasteiger partial charge in [0.2, 0.25) is 17.7 Å². The number of aryl methyl sites for hydroxylation is 1. The Labute approximate surface area is 500 Å². The van der Waals surface area contributed by atoms with Crippen LogP contribution in [0.4, 0.5) is 10.1 Å². The molecule has 1 spiro atoms. The van der Waals surface area contributed by atoms with Gasteiger partial charge in [0.15, 0.2) is 5.67 Å². The molecular formula is C63H80FN9O11S. The van der Waals surface area contributed by atoms with E-state index < -0.39 is 47.0 Å². The molecule has 1 saturated heterocycles. The Balaban J connectivity index is 0.646. The summed E-state index contributed by atoms with van der Waals surface area (Å²) < 4.78 is 40.1. The number of aliphatic hydroxyl groups is 1. The smallest absolute Gasteiger partial charge is 0.268 e. The van der Waals surface area contributed by atoms with Crippen molar-refractivity contribution in [1.82, 2.24) is 40.2 Å². The van der Waals surface area contributed by atoms with E-state index in [1.165, 1.54) is 21.9 Å². The van der Waals surface area contributed by atoms with Gasteiger partial charge in [-0.05, 0) is 104 Å². The van der Waals surface area contributed by atoms with Crippen LogP contribution in [0.1, 0.15) is 115 Å². The molecule has 6 amide bonds. The van der Waals surface area contributed by atoms with Gasteiger partial charge in [0.25, 0.3) is 17.7 Å². The fourth-order valence-electron chi connectivity index (χ4n) is 11.1. The largest absolute Gasteiger partial charge is 0.491 e. The second-order valence-electron chi connectivity index (χ2n) is 23.8. The van der Waals surface area contributed by atoms with Crippen molar-refractivity contribution in [3.8, 4) is 16.2 Å². The van der Waals surface area contributed by atoms with Crippen molar-refractivity contribution in [3.63, 3.8) is 0 Å². The quantitative estimate of drug-likeness (QED) is 0.0353. The Morgan fingerprint density at radius 3 is 2.14 bits per heavy atom. The number of hydrogen-bond donors (Lipinski definition) is 5. The molecule has 4 heterocycles. The number of hydrogen-bond acceptors (Lipinski definition) is 14. The van der Waals surface area contributed by atoms with Crippen LogP contribution in [0.2, 0.25) is 0 Å². The van der Waals surface area contributed by atoms with Gasteiger partial charge >= 0.3 is 0 Å². The van der Waals surface area contributed by atoms with Crippen LogP contribution in [0.15, 0.2) is 84.4 Å². The second kappa shape index (κ2) is 27.5. The van der Waals surface area contributed by atoms with Crippen molar-refractivity contribution in [1.29, 1.82) is 0 Å². The highest BCUT2D eigenvalue weighted by Crippen LogP contribution is 2.49. The number of benzene rings is 3. The Kier molecular flexibility index (Phi) is 20.2. The average molecular weight is 1190 g/mol. The molecule has 5 aromatic rings. The summed E-state index contributed by atoms with van der Waals surface area (Å²) in [6, 6.07) is 22.8. The molecule has 3 aromatic carbocycles. The molecule has 4 aliphatic rings. The number of anilines is 1. The molecule has 0 bridgehead atoms. The molecule has 0 unspecified atom stereocenters. The van der Waals surface area contributed by atoms with Crippen LogP contribution in [0.3, 0.4) is 0 Å². The summed E-state index contributed by atoms with van der Waals surface area (Å²) in [4.78, 5) is 89.9. The average Bonchev–Trinajstić information content (AvgIpc) is 1.90. The third-order valence-electron chi connectivity index (χ3n) is 16.3. The van der Waals surface area contributed by atoms with E-state index in [2.05, 4.69) is 41.8 Å². The molecule has 22 heteroatoms. The monoisotopic (exact) mass is 1190 g/mol. The fourth-order valence-corrected chi connectivity index (χ4v) is 12.0. The maximum Gasteiger partial charge on any atom is 0.268 e. The molecule has 9 rings (SSSR count). The highest BCUT2D eigenvalue weighted by molar-refractivity contribution is 7.13. The number of carbonyl (C=O) groups is 6. The number of rotatable bonds is 27. The topological polar surface area (TPSA) is 235 Å². The number of amides is 6. The van der Waals surface area contributed by atoms with E-state index in [1.54, 1.807) is 45.3 Å². The van der Waals surface area contributed by atoms with Gasteiger partial charge in [0.05, 0.1) is 73.8 Å². The summed E-state index contributed by atoms with van der Waals surface area (Å²) in [5, 5.41) is 22.1. The molecule has 3 fully saturated rings. The minimum Gasteiger partial charge on any atom is -0.491 e. The number of fused-ring (bicyclic) bond motifs is 2. The molecule has 456 valence electrons. The van der Waals surface area contributed by atoms with Crippen LogP contribution in [0.25, 0.3) is 10.4 Å². The van der Waals surface area contributed by atoms with Crippen molar-refractivity contribution in [2.45, 2.75) is 128 Å². The molecule has 2 aliphatic heterocycles. The third-order valence-corrected chi connectivity index (χ3v) is 17.3. The first-order chi connectivity index (χ1) is 40.7. The number of ether oxygens (including phenoxy) is 4. The third kappa shape index (κ3) is 15.3. The van der Waals surface area contributed by atoms with E-state index in [-0.39, 0.29) is 81.9 Å². The van der Waals surface area contributed by atoms with Crippen LogP contribution in [0.5, 0.6) is 5.75 Å². The Bertz CT molecular complexity index is 3170. The standard InChI is InChI=1S/C63H80FN9O11S/c1-41-54(85-40-67-41)45-14-15-46(37-66-57(77)50-35-48(74)39-73(50)59(79)55(61(2,3)4)69-60(80)62(64)23-24-62)51(34-45)84-33-32-83-31-30-82-29-28-81-27-20-53(75)68-47-16-10-42(11-17-47)36-65-56(76)49-18-19-52-63(21-7-22-63)71(25-26-72(49)52)38-43-8-12-44(13-9-43)58(78)70(5)6/h8-19,34,40,48,50,55,74H,7,20-33,35-39H2,1-6H3,(H,65,76)(H,66,77)(H,68,75)(H,69,80)/t48-,50+,55-/m1/s1. The van der Waals surface area contributed by atoms with Gasteiger partial charge in [-0.2, -0.15) is 0 Å². The lowest BCUT2D eigenvalue weighted by Gasteiger charge is -2.53. The van der Waals surface area contributed by atoms with Crippen LogP contribution >= 0.6 is 11.3 Å². The van der Waals surface area contributed by atoms with E-state index in [9.17, 15) is 38.3 Å². The predicted octanol–water partition coefficient (Wildman–Crippen LogP) is 6.52. The lowest BCUT2D eigenvalue weighted by molar-refractivity contribution is -0.145. The van der Waals surface area contributed by atoms with Crippen LogP contribution < -0.4 is 26.0 Å². The highest BCUT2D eigenvalue weighted by Gasteiger charge is 2.54. The van der Waals surface area contributed by atoms with E-state index in [0.29, 0.717) is 67.8 Å². The number of halogens is 1. The Morgan fingerprint density at radius 2 is 1.51 bits per heavy atom. The summed E-state index contributed by atoms with van der Waals surface area (Å²) >= 11 is 1.50. The maximum absolute atomic E-state index is 14.7. The van der Waals surface area contributed by atoms with E-state index in [0.717, 1.165) is 59.6 Å². The number of carbonyl (C=O) groups excluding carboxylic acids is 6. The maximum atomic E-state index is 14.7. The van der Waals surface area contributed by atoms with Gasteiger partial charge in [-0.1, -0.05) is 57.2 Å². The summed E-state index contributed by atoms with van der Waals surface area (Å²) in [5.41, 5.74) is 6.48.